The van der Waals surface area contributed by atoms with Gasteiger partial charge in [-0.3, -0.25) is 4.79 Å². The average Bonchev–Trinajstić information content (AvgIpc) is 2.83. The zero-order chi connectivity index (χ0) is 11.6. The van der Waals surface area contributed by atoms with E-state index in [0.717, 1.165) is 0 Å². The Bertz CT molecular complexity index is 362. The summed E-state index contributed by atoms with van der Waals surface area (Å²) in [6.07, 6.45) is 3.60. The summed E-state index contributed by atoms with van der Waals surface area (Å²) in [5.74, 6) is -3.73. The Morgan fingerprint density at radius 2 is 2.44 bits per heavy atom. The van der Waals surface area contributed by atoms with Gasteiger partial charge in [0.25, 0.3) is 11.8 Å². The standard InChI is InChI=1S/C11H13F2NO2/c12-11(13)4-1-2-9(11)6-14-10(15)8-3-5-16-7-8/h3,5,7,9H,1-2,4,6H2,(H,14,15). The van der Waals surface area contributed by atoms with Crippen molar-refractivity contribution in [3.63, 3.8) is 0 Å². The zero-order valence-electron chi connectivity index (χ0n) is 8.71. The summed E-state index contributed by atoms with van der Waals surface area (Å²) in [5, 5.41) is 2.50. The molecule has 0 aromatic carbocycles. The van der Waals surface area contributed by atoms with Gasteiger partial charge in [0, 0.05) is 18.9 Å². The molecule has 1 saturated carbocycles. The van der Waals surface area contributed by atoms with Crippen molar-refractivity contribution in [3.8, 4) is 0 Å². The Morgan fingerprint density at radius 1 is 1.62 bits per heavy atom. The van der Waals surface area contributed by atoms with E-state index in [2.05, 4.69) is 5.32 Å². The largest absolute Gasteiger partial charge is 0.472 e. The first-order valence-corrected chi connectivity index (χ1v) is 5.28. The van der Waals surface area contributed by atoms with Gasteiger partial charge in [0.05, 0.1) is 11.8 Å². The summed E-state index contributed by atoms with van der Waals surface area (Å²) in [6.45, 7) is 0.0248. The number of carbonyl (C=O) groups is 1. The lowest BCUT2D eigenvalue weighted by atomic mass is 10.1. The predicted octanol–water partition coefficient (Wildman–Crippen LogP) is 2.44. The number of amides is 1. The van der Waals surface area contributed by atoms with E-state index in [-0.39, 0.29) is 18.9 Å². The van der Waals surface area contributed by atoms with Crippen molar-refractivity contribution in [2.24, 2.45) is 5.92 Å². The van der Waals surface area contributed by atoms with Crippen LogP contribution in [-0.4, -0.2) is 18.4 Å². The first kappa shape index (κ1) is 11.1. The van der Waals surface area contributed by atoms with Gasteiger partial charge in [-0.1, -0.05) is 0 Å². The lowest BCUT2D eigenvalue weighted by molar-refractivity contribution is -0.0352. The van der Waals surface area contributed by atoms with E-state index in [1.807, 2.05) is 0 Å². The summed E-state index contributed by atoms with van der Waals surface area (Å²) < 4.78 is 31.2. The summed E-state index contributed by atoms with van der Waals surface area (Å²) in [4.78, 5) is 11.5. The Morgan fingerprint density at radius 3 is 3.00 bits per heavy atom. The number of rotatable bonds is 3. The van der Waals surface area contributed by atoms with Gasteiger partial charge in [-0.15, -0.1) is 0 Å². The molecule has 0 spiro atoms. The van der Waals surface area contributed by atoms with E-state index in [1.54, 1.807) is 0 Å². The van der Waals surface area contributed by atoms with Crippen molar-refractivity contribution in [2.75, 3.05) is 6.54 Å². The Hall–Kier alpha value is -1.39. The minimum Gasteiger partial charge on any atom is -0.472 e. The number of furan rings is 1. The second-order valence-electron chi connectivity index (χ2n) is 4.07. The van der Waals surface area contributed by atoms with Crippen LogP contribution < -0.4 is 5.32 Å². The van der Waals surface area contributed by atoms with Crippen molar-refractivity contribution in [1.82, 2.24) is 5.32 Å². The second kappa shape index (κ2) is 4.23. The number of hydrogen-bond acceptors (Lipinski definition) is 2. The van der Waals surface area contributed by atoms with Gasteiger partial charge in [-0.25, -0.2) is 8.78 Å². The van der Waals surface area contributed by atoms with Gasteiger partial charge < -0.3 is 9.73 Å². The van der Waals surface area contributed by atoms with Crippen molar-refractivity contribution in [2.45, 2.75) is 25.2 Å². The van der Waals surface area contributed by atoms with Crippen LogP contribution in [0.3, 0.4) is 0 Å². The maximum absolute atomic E-state index is 13.2. The molecule has 0 bridgehead atoms. The lowest BCUT2D eigenvalue weighted by Gasteiger charge is -2.18. The number of nitrogens with one attached hydrogen (secondary N) is 1. The Kier molecular flexibility index (Phi) is 2.94. The Balaban J connectivity index is 1.86. The summed E-state index contributed by atoms with van der Waals surface area (Å²) in [7, 11) is 0. The molecule has 0 radical (unpaired) electrons. The fraction of sp³-hybridized carbons (Fsp3) is 0.545. The van der Waals surface area contributed by atoms with Crippen LogP contribution in [-0.2, 0) is 0 Å². The molecule has 1 aromatic heterocycles. The molecule has 1 heterocycles. The highest BCUT2D eigenvalue weighted by Crippen LogP contribution is 2.39. The molecule has 88 valence electrons. The van der Waals surface area contributed by atoms with E-state index in [9.17, 15) is 13.6 Å². The van der Waals surface area contributed by atoms with Crippen LogP contribution in [0.2, 0.25) is 0 Å². The van der Waals surface area contributed by atoms with E-state index >= 15 is 0 Å². The summed E-state index contributed by atoms with van der Waals surface area (Å²) >= 11 is 0. The molecule has 1 aliphatic carbocycles. The van der Waals surface area contributed by atoms with Crippen molar-refractivity contribution >= 4 is 5.91 Å². The maximum atomic E-state index is 13.2. The minimum absolute atomic E-state index is 0.0248. The highest BCUT2D eigenvalue weighted by atomic mass is 19.3. The topological polar surface area (TPSA) is 42.2 Å². The van der Waals surface area contributed by atoms with E-state index < -0.39 is 11.8 Å². The normalized spacial score (nSPS) is 23.2. The minimum atomic E-state index is -2.64. The van der Waals surface area contributed by atoms with E-state index in [0.29, 0.717) is 18.4 Å². The molecule has 1 aromatic rings. The first-order chi connectivity index (χ1) is 7.59. The second-order valence-corrected chi connectivity index (χ2v) is 4.07. The fourth-order valence-electron chi connectivity index (χ4n) is 1.96. The van der Waals surface area contributed by atoms with Gasteiger partial charge >= 0.3 is 0 Å². The molecule has 0 saturated heterocycles. The zero-order valence-corrected chi connectivity index (χ0v) is 8.71. The molecule has 1 amide bonds. The van der Waals surface area contributed by atoms with Crippen LogP contribution in [0.1, 0.15) is 29.6 Å². The van der Waals surface area contributed by atoms with E-state index in [4.69, 9.17) is 4.42 Å². The smallest absolute Gasteiger partial charge is 0.254 e. The third-order valence-electron chi connectivity index (χ3n) is 2.95. The number of alkyl halides is 2. The fourth-order valence-corrected chi connectivity index (χ4v) is 1.96. The molecule has 2 rings (SSSR count). The van der Waals surface area contributed by atoms with Crippen LogP contribution in [0.15, 0.2) is 23.0 Å². The highest BCUT2D eigenvalue weighted by molar-refractivity contribution is 5.93. The van der Waals surface area contributed by atoms with Crippen LogP contribution in [0.4, 0.5) is 8.78 Å². The SMILES string of the molecule is O=C(NCC1CCCC1(F)F)c1ccoc1. The van der Waals surface area contributed by atoms with Crippen LogP contribution >= 0.6 is 0 Å². The van der Waals surface area contributed by atoms with Crippen molar-refractivity contribution in [1.29, 1.82) is 0 Å². The summed E-state index contributed by atoms with van der Waals surface area (Å²) in [5.41, 5.74) is 0.362. The maximum Gasteiger partial charge on any atom is 0.254 e. The number of carbonyl (C=O) groups excluding carboxylic acids is 1. The summed E-state index contributed by atoms with van der Waals surface area (Å²) in [6, 6.07) is 1.50. The van der Waals surface area contributed by atoms with Gasteiger partial charge in [0.15, 0.2) is 0 Å². The molecule has 16 heavy (non-hydrogen) atoms. The molecule has 1 unspecified atom stereocenters. The quantitative estimate of drug-likeness (QED) is 0.865. The molecule has 1 fully saturated rings. The van der Waals surface area contributed by atoms with Gasteiger partial charge in [0.1, 0.15) is 6.26 Å². The molecule has 0 aliphatic heterocycles. The monoisotopic (exact) mass is 229 g/mol. The first-order valence-electron chi connectivity index (χ1n) is 5.28. The molecule has 1 N–H and O–H groups in total. The molecule has 1 aliphatic rings. The highest BCUT2D eigenvalue weighted by Gasteiger charge is 2.43. The van der Waals surface area contributed by atoms with Crippen molar-refractivity contribution in [3.05, 3.63) is 24.2 Å². The van der Waals surface area contributed by atoms with E-state index in [1.165, 1.54) is 18.6 Å². The Labute approximate surface area is 91.8 Å². The lowest BCUT2D eigenvalue weighted by Crippen LogP contribution is -2.35. The van der Waals surface area contributed by atoms with Gasteiger partial charge in [-0.05, 0) is 18.9 Å². The van der Waals surface area contributed by atoms with Crippen LogP contribution in [0.25, 0.3) is 0 Å². The van der Waals surface area contributed by atoms with Crippen molar-refractivity contribution < 1.29 is 18.0 Å². The average molecular weight is 229 g/mol. The van der Waals surface area contributed by atoms with Crippen LogP contribution in [0, 0.1) is 5.92 Å². The predicted molar refractivity (Wildman–Crippen MR) is 53.3 cm³/mol. The molecule has 5 heteroatoms. The number of halogens is 2. The third kappa shape index (κ3) is 2.23. The molecular formula is C11H13F2NO2. The van der Waals surface area contributed by atoms with Gasteiger partial charge in [0.2, 0.25) is 0 Å². The number of hydrogen-bond donors (Lipinski definition) is 1. The molecule has 3 nitrogen and oxygen atoms in total. The molecular weight excluding hydrogens is 216 g/mol. The third-order valence-corrected chi connectivity index (χ3v) is 2.95. The molecule has 1 atom stereocenters. The van der Waals surface area contributed by atoms with Gasteiger partial charge in [-0.2, -0.15) is 0 Å². The van der Waals surface area contributed by atoms with Crippen LogP contribution in [0.5, 0.6) is 0 Å².